The largest absolute Gasteiger partial charge is 0.444 e. The zero-order valence-corrected chi connectivity index (χ0v) is 21.2. The van der Waals surface area contributed by atoms with Gasteiger partial charge >= 0.3 is 18.4 Å². The van der Waals surface area contributed by atoms with E-state index in [1.807, 2.05) is 37.3 Å². The van der Waals surface area contributed by atoms with Crippen molar-refractivity contribution < 1.29 is 35.9 Å². The molecule has 0 spiro atoms. The van der Waals surface area contributed by atoms with E-state index in [9.17, 15) is 31.1 Å². The molecule has 1 N–H and O–H groups in total. The standard InChI is InChI=1S/C27H32F6N2O2/c1-5-21-15-22(34-16-18-11-19(26(28,29)30)14-20(12-18)27(31,32)33)23(13-17-9-7-6-8-10-17)35(21)24(36)37-25(2,3)4/h6-12,14,21-23,34H,5,13,15-16H2,1-4H3/t21-,22+,23+/m1/s1. The predicted molar refractivity (Wildman–Crippen MR) is 128 cm³/mol. The van der Waals surface area contributed by atoms with Gasteiger partial charge in [0.2, 0.25) is 0 Å². The third kappa shape index (κ3) is 7.63. The smallest absolute Gasteiger partial charge is 0.416 e. The van der Waals surface area contributed by atoms with Gasteiger partial charge < -0.3 is 15.0 Å². The van der Waals surface area contributed by atoms with Crippen LogP contribution in [0.5, 0.6) is 0 Å². The van der Waals surface area contributed by atoms with Crippen molar-refractivity contribution >= 4 is 6.09 Å². The predicted octanol–water partition coefficient (Wildman–Crippen LogP) is 7.21. The molecule has 3 rings (SSSR count). The van der Waals surface area contributed by atoms with Crippen molar-refractivity contribution in [2.45, 2.75) is 89.6 Å². The molecule has 0 unspecified atom stereocenters. The van der Waals surface area contributed by atoms with Crippen LogP contribution in [0.2, 0.25) is 0 Å². The van der Waals surface area contributed by atoms with Crippen LogP contribution in [-0.4, -0.2) is 34.7 Å². The fourth-order valence-electron chi connectivity index (χ4n) is 4.68. The zero-order valence-electron chi connectivity index (χ0n) is 21.2. The molecule has 0 radical (unpaired) electrons. The Hall–Kier alpha value is -2.75. The third-order valence-electron chi connectivity index (χ3n) is 6.32. The first-order valence-electron chi connectivity index (χ1n) is 12.2. The first-order chi connectivity index (χ1) is 17.1. The summed E-state index contributed by atoms with van der Waals surface area (Å²) in [4.78, 5) is 14.9. The second-order valence-corrected chi connectivity index (χ2v) is 10.3. The van der Waals surface area contributed by atoms with Gasteiger partial charge in [0, 0.05) is 18.6 Å². The Morgan fingerprint density at radius 1 is 0.946 bits per heavy atom. The van der Waals surface area contributed by atoms with E-state index in [-0.39, 0.29) is 30.3 Å². The molecule has 1 heterocycles. The number of ether oxygens (including phenoxy) is 1. The van der Waals surface area contributed by atoms with E-state index in [1.54, 1.807) is 25.7 Å². The monoisotopic (exact) mass is 530 g/mol. The number of carbonyl (C=O) groups excluding carboxylic acids is 1. The zero-order chi connectivity index (χ0) is 27.6. The SMILES string of the molecule is CC[C@@H]1C[C@H](NCc2cc(C(F)(F)F)cc(C(F)(F)F)c2)[C@H](Cc2ccccc2)N1C(=O)OC(C)(C)C. The van der Waals surface area contributed by atoms with Gasteiger partial charge in [-0.2, -0.15) is 26.3 Å². The number of benzene rings is 2. The van der Waals surface area contributed by atoms with E-state index in [2.05, 4.69) is 5.32 Å². The van der Waals surface area contributed by atoms with Gasteiger partial charge in [0.25, 0.3) is 0 Å². The van der Waals surface area contributed by atoms with Gasteiger partial charge in [-0.3, -0.25) is 0 Å². The maximum absolute atomic E-state index is 13.3. The van der Waals surface area contributed by atoms with Gasteiger partial charge in [-0.05, 0) is 69.4 Å². The average molecular weight is 531 g/mol. The molecule has 4 nitrogen and oxygen atoms in total. The maximum atomic E-state index is 13.3. The molecule has 204 valence electrons. The number of halogens is 6. The van der Waals surface area contributed by atoms with Gasteiger partial charge in [-0.1, -0.05) is 37.3 Å². The molecule has 0 saturated carbocycles. The average Bonchev–Trinajstić information content (AvgIpc) is 3.13. The van der Waals surface area contributed by atoms with Crippen LogP contribution in [0, 0.1) is 0 Å². The Labute approximate surface area is 213 Å². The van der Waals surface area contributed by atoms with Crippen LogP contribution in [0.4, 0.5) is 31.1 Å². The molecule has 1 fully saturated rings. The lowest BCUT2D eigenvalue weighted by Crippen LogP contribution is -2.49. The first-order valence-corrected chi connectivity index (χ1v) is 12.2. The lowest BCUT2D eigenvalue weighted by molar-refractivity contribution is -0.143. The number of alkyl halides is 6. The van der Waals surface area contributed by atoms with Gasteiger partial charge in [0.1, 0.15) is 5.60 Å². The summed E-state index contributed by atoms with van der Waals surface area (Å²) in [6, 6.07) is 10.0. The maximum Gasteiger partial charge on any atom is 0.416 e. The van der Waals surface area contributed by atoms with Crippen LogP contribution in [0.25, 0.3) is 0 Å². The van der Waals surface area contributed by atoms with Gasteiger partial charge in [-0.25, -0.2) is 4.79 Å². The van der Waals surface area contributed by atoms with E-state index < -0.39 is 41.2 Å². The number of hydrogen-bond donors (Lipinski definition) is 1. The van der Waals surface area contributed by atoms with Crippen molar-refractivity contribution in [1.29, 1.82) is 0 Å². The normalized spacial score (nSPS) is 20.8. The van der Waals surface area contributed by atoms with Gasteiger partial charge in [-0.15, -0.1) is 0 Å². The fourth-order valence-corrected chi connectivity index (χ4v) is 4.68. The van der Waals surface area contributed by atoms with E-state index in [4.69, 9.17) is 4.74 Å². The summed E-state index contributed by atoms with van der Waals surface area (Å²) in [6.45, 7) is 6.98. The highest BCUT2D eigenvalue weighted by Crippen LogP contribution is 2.37. The highest BCUT2D eigenvalue weighted by Gasteiger charge is 2.44. The van der Waals surface area contributed by atoms with Crippen molar-refractivity contribution in [3.8, 4) is 0 Å². The van der Waals surface area contributed by atoms with Crippen LogP contribution >= 0.6 is 0 Å². The summed E-state index contributed by atoms with van der Waals surface area (Å²) in [7, 11) is 0. The van der Waals surface area contributed by atoms with E-state index in [0.29, 0.717) is 19.3 Å². The minimum absolute atomic E-state index is 0.120. The van der Waals surface area contributed by atoms with Gasteiger partial charge in [0.05, 0.1) is 17.2 Å². The highest BCUT2D eigenvalue weighted by molar-refractivity contribution is 5.70. The van der Waals surface area contributed by atoms with Crippen molar-refractivity contribution in [2.75, 3.05) is 0 Å². The van der Waals surface area contributed by atoms with Crippen LogP contribution < -0.4 is 5.32 Å². The number of amides is 1. The molecule has 0 bridgehead atoms. The molecular formula is C27H32F6N2O2. The topological polar surface area (TPSA) is 41.6 Å². The summed E-state index contributed by atoms with van der Waals surface area (Å²) in [5, 5.41) is 3.15. The minimum atomic E-state index is -4.92. The first kappa shape index (κ1) is 28.8. The second-order valence-electron chi connectivity index (χ2n) is 10.3. The molecule has 0 aromatic heterocycles. The molecule has 2 aromatic rings. The Bertz CT molecular complexity index is 1030. The van der Waals surface area contributed by atoms with Crippen LogP contribution in [-0.2, 0) is 30.1 Å². The minimum Gasteiger partial charge on any atom is -0.444 e. The second kappa shape index (κ2) is 10.9. The number of rotatable bonds is 6. The number of nitrogens with zero attached hydrogens (tertiary/aromatic N) is 1. The summed E-state index contributed by atoms with van der Waals surface area (Å²) < 4.78 is 85.5. The number of likely N-dealkylation sites (tertiary alicyclic amines) is 1. The van der Waals surface area contributed by atoms with Crippen molar-refractivity contribution in [1.82, 2.24) is 10.2 Å². The Kier molecular flexibility index (Phi) is 8.51. The van der Waals surface area contributed by atoms with Crippen LogP contribution in [0.1, 0.15) is 62.8 Å². The molecule has 3 atom stereocenters. The number of carbonyl (C=O) groups is 1. The molecule has 0 aliphatic carbocycles. The highest BCUT2D eigenvalue weighted by atomic mass is 19.4. The Morgan fingerprint density at radius 3 is 2.00 bits per heavy atom. The lowest BCUT2D eigenvalue weighted by Gasteiger charge is -2.33. The third-order valence-corrected chi connectivity index (χ3v) is 6.32. The lowest BCUT2D eigenvalue weighted by atomic mass is 9.98. The molecule has 1 aliphatic rings. The van der Waals surface area contributed by atoms with E-state index in [0.717, 1.165) is 17.7 Å². The molecule has 1 saturated heterocycles. The Balaban J connectivity index is 1.91. The summed E-state index contributed by atoms with van der Waals surface area (Å²) in [5.41, 5.74) is -2.63. The summed E-state index contributed by atoms with van der Waals surface area (Å²) >= 11 is 0. The molecule has 1 amide bonds. The van der Waals surface area contributed by atoms with Crippen molar-refractivity contribution in [3.05, 3.63) is 70.8 Å². The quantitative estimate of drug-likeness (QED) is 0.401. The van der Waals surface area contributed by atoms with Crippen molar-refractivity contribution in [3.63, 3.8) is 0 Å². The fraction of sp³-hybridized carbons (Fsp3) is 0.519. The van der Waals surface area contributed by atoms with E-state index in [1.165, 1.54) is 0 Å². The van der Waals surface area contributed by atoms with E-state index >= 15 is 0 Å². The molecule has 37 heavy (non-hydrogen) atoms. The molecular weight excluding hydrogens is 498 g/mol. The molecule has 2 aromatic carbocycles. The number of nitrogens with one attached hydrogen (secondary N) is 1. The number of hydrogen-bond acceptors (Lipinski definition) is 3. The summed E-state index contributed by atoms with van der Waals surface area (Å²) in [5.74, 6) is 0. The Morgan fingerprint density at radius 2 is 1.51 bits per heavy atom. The van der Waals surface area contributed by atoms with Crippen molar-refractivity contribution in [2.24, 2.45) is 0 Å². The molecule has 1 aliphatic heterocycles. The van der Waals surface area contributed by atoms with Crippen LogP contribution in [0.15, 0.2) is 48.5 Å². The van der Waals surface area contributed by atoms with Gasteiger partial charge in [0.15, 0.2) is 0 Å². The molecule has 10 heteroatoms. The summed E-state index contributed by atoms with van der Waals surface area (Å²) in [6.07, 6.45) is -8.78. The van der Waals surface area contributed by atoms with Crippen LogP contribution in [0.3, 0.4) is 0 Å².